The van der Waals surface area contributed by atoms with Gasteiger partial charge in [0.25, 0.3) is 0 Å². The molecule has 0 aliphatic rings. The van der Waals surface area contributed by atoms with Gasteiger partial charge in [-0.3, -0.25) is 4.79 Å². The second-order valence-electron chi connectivity index (χ2n) is 7.21. The smallest absolute Gasteiger partial charge is 0.416 e. The Bertz CT molecular complexity index is 1030. The second-order valence-corrected chi connectivity index (χ2v) is 9.93. The highest BCUT2D eigenvalue weighted by Crippen LogP contribution is 2.35. The maximum absolute atomic E-state index is 12.7. The van der Waals surface area contributed by atoms with Gasteiger partial charge in [0.05, 0.1) is 11.3 Å². The van der Waals surface area contributed by atoms with Crippen molar-refractivity contribution in [3.05, 3.63) is 59.2 Å². The zero-order valence-electron chi connectivity index (χ0n) is 16.7. The summed E-state index contributed by atoms with van der Waals surface area (Å²) in [5, 5.41) is 14.3. The van der Waals surface area contributed by atoms with Crippen molar-refractivity contribution in [3.63, 3.8) is 0 Å². The fourth-order valence-corrected chi connectivity index (χ4v) is 4.78. The van der Waals surface area contributed by atoms with Crippen LogP contribution in [0.3, 0.4) is 0 Å². The molecular weight excluding hydrogens is 447 g/mol. The number of benzene rings is 1. The molecule has 0 atom stereocenters. The van der Waals surface area contributed by atoms with Gasteiger partial charge >= 0.3 is 12.1 Å². The summed E-state index contributed by atoms with van der Waals surface area (Å²) in [4.78, 5) is 20.0. The molecule has 0 bridgehead atoms. The van der Waals surface area contributed by atoms with Crippen LogP contribution in [0.1, 0.15) is 25.1 Å². The summed E-state index contributed by atoms with van der Waals surface area (Å²) in [7, 11) is 0. The molecule has 3 aromatic rings. The van der Waals surface area contributed by atoms with Gasteiger partial charge in [-0.25, -0.2) is 9.97 Å². The molecule has 2 aromatic heterocycles. The third-order valence-corrected chi connectivity index (χ3v) is 6.56. The van der Waals surface area contributed by atoms with Gasteiger partial charge in [-0.15, -0.1) is 11.3 Å². The van der Waals surface area contributed by atoms with E-state index in [1.807, 2.05) is 5.38 Å². The highest BCUT2D eigenvalue weighted by Gasteiger charge is 2.30. The van der Waals surface area contributed by atoms with Crippen molar-refractivity contribution < 1.29 is 23.1 Å². The fourth-order valence-electron chi connectivity index (χ4n) is 2.55. The van der Waals surface area contributed by atoms with E-state index in [1.54, 1.807) is 32.2 Å². The van der Waals surface area contributed by atoms with E-state index in [2.05, 4.69) is 15.3 Å². The van der Waals surface area contributed by atoms with E-state index in [0.29, 0.717) is 28.7 Å². The third kappa shape index (κ3) is 6.20. The molecule has 1 aromatic carbocycles. The Morgan fingerprint density at radius 2 is 1.81 bits per heavy atom. The van der Waals surface area contributed by atoms with Crippen LogP contribution in [0.4, 0.5) is 19.0 Å². The molecule has 0 unspecified atom stereocenters. The lowest BCUT2D eigenvalue weighted by atomic mass is 10.1. The Morgan fingerprint density at radius 1 is 1.13 bits per heavy atom. The minimum absolute atomic E-state index is 0.586. The van der Waals surface area contributed by atoms with Crippen molar-refractivity contribution >= 4 is 34.9 Å². The number of alkyl halides is 3. The van der Waals surface area contributed by atoms with E-state index in [0.717, 1.165) is 23.4 Å². The van der Waals surface area contributed by atoms with E-state index in [4.69, 9.17) is 0 Å². The molecule has 2 N–H and O–H groups in total. The van der Waals surface area contributed by atoms with E-state index >= 15 is 0 Å². The maximum Gasteiger partial charge on any atom is 0.416 e. The SMILES string of the molecule is CC(C)(Sc1nc(CCNc2ccc(-c3ccc(C(F)(F)F)cc3)cn2)cs1)C(=O)O. The Hall–Kier alpha value is -2.59. The van der Waals surface area contributed by atoms with Crippen molar-refractivity contribution in [3.8, 4) is 11.1 Å². The number of carbonyl (C=O) groups is 1. The van der Waals surface area contributed by atoms with Gasteiger partial charge in [-0.1, -0.05) is 23.9 Å². The minimum Gasteiger partial charge on any atom is -0.480 e. The average molecular weight is 468 g/mol. The van der Waals surface area contributed by atoms with Crippen molar-refractivity contribution in [2.45, 2.75) is 35.5 Å². The van der Waals surface area contributed by atoms with Gasteiger partial charge in [-0.2, -0.15) is 13.2 Å². The van der Waals surface area contributed by atoms with Crippen molar-refractivity contribution in [2.75, 3.05) is 11.9 Å². The van der Waals surface area contributed by atoms with E-state index in [-0.39, 0.29) is 0 Å². The molecule has 0 radical (unpaired) electrons. The number of pyridine rings is 1. The summed E-state index contributed by atoms with van der Waals surface area (Å²) < 4.78 is 37.8. The predicted octanol–water partition coefficient (Wildman–Crippen LogP) is 5.83. The quantitative estimate of drug-likeness (QED) is 0.406. The van der Waals surface area contributed by atoms with Gasteiger partial charge in [0, 0.05) is 30.1 Å². The first-order valence-corrected chi connectivity index (χ1v) is 11.0. The standard InChI is InChI=1S/C21H20F3N3O2S2/c1-20(2,18(28)29)31-19-27-16(12-30-19)9-10-25-17-8-5-14(11-26-17)13-3-6-15(7-4-13)21(22,23)24/h3-8,11-12H,9-10H2,1-2H3,(H,25,26)(H,28,29). The number of aromatic nitrogens is 2. The zero-order valence-corrected chi connectivity index (χ0v) is 18.4. The molecule has 0 fully saturated rings. The van der Waals surface area contributed by atoms with Crippen LogP contribution in [0.5, 0.6) is 0 Å². The zero-order chi connectivity index (χ0) is 22.6. The molecule has 3 rings (SSSR count). The van der Waals surface area contributed by atoms with Crippen LogP contribution in [-0.2, 0) is 17.4 Å². The van der Waals surface area contributed by atoms with Crippen LogP contribution < -0.4 is 5.32 Å². The van der Waals surface area contributed by atoms with Gasteiger partial charge in [0.1, 0.15) is 10.6 Å². The highest BCUT2D eigenvalue weighted by molar-refractivity contribution is 8.02. The molecule has 2 heterocycles. The molecule has 0 saturated heterocycles. The number of aliphatic carboxylic acids is 1. The first kappa shape index (κ1) is 23.1. The number of nitrogens with one attached hydrogen (secondary N) is 1. The second kappa shape index (κ2) is 9.27. The molecule has 0 aliphatic heterocycles. The fraction of sp³-hybridized carbons (Fsp3) is 0.286. The Kier molecular flexibility index (Phi) is 6.90. The average Bonchev–Trinajstić information content (AvgIpc) is 3.14. The van der Waals surface area contributed by atoms with Crippen LogP contribution in [-0.4, -0.2) is 32.3 Å². The first-order valence-electron chi connectivity index (χ1n) is 9.29. The number of rotatable bonds is 8. The van der Waals surface area contributed by atoms with E-state index in [9.17, 15) is 23.1 Å². The number of anilines is 1. The summed E-state index contributed by atoms with van der Waals surface area (Å²) in [5.74, 6) is -0.241. The number of halogens is 3. The molecule has 10 heteroatoms. The Labute approximate surface area is 185 Å². The number of thioether (sulfide) groups is 1. The predicted molar refractivity (Wildman–Crippen MR) is 117 cm³/mol. The monoisotopic (exact) mass is 467 g/mol. The molecule has 0 saturated carbocycles. The maximum atomic E-state index is 12.7. The summed E-state index contributed by atoms with van der Waals surface area (Å²) in [6.07, 6.45) is -2.10. The molecule has 5 nitrogen and oxygen atoms in total. The molecule has 0 amide bonds. The highest BCUT2D eigenvalue weighted by atomic mass is 32.2. The van der Waals surface area contributed by atoms with Gasteiger partial charge in [0.2, 0.25) is 0 Å². The number of hydrogen-bond acceptors (Lipinski definition) is 6. The van der Waals surface area contributed by atoms with E-state index in [1.165, 1.54) is 35.2 Å². The summed E-state index contributed by atoms with van der Waals surface area (Å²) >= 11 is 2.64. The number of carboxylic acid groups (broad SMARTS) is 1. The lowest BCUT2D eigenvalue weighted by molar-refractivity contribution is -0.139. The molecule has 164 valence electrons. The van der Waals surface area contributed by atoms with Crippen molar-refractivity contribution in [1.82, 2.24) is 9.97 Å². The Balaban J connectivity index is 1.53. The van der Waals surface area contributed by atoms with Crippen molar-refractivity contribution in [1.29, 1.82) is 0 Å². The molecule has 31 heavy (non-hydrogen) atoms. The van der Waals surface area contributed by atoms with Gasteiger partial charge < -0.3 is 10.4 Å². The van der Waals surface area contributed by atoms with Crippen LogP contribution >= 0.6 is 23.1 Å². The Morgan fingerprint density at radius 3 is 2.39 bits per heavy atom. The van der Waals surface area contributed by atoms with Crippen LogP contribution in [0.2, 0.25) is 0 Å². The lowest BCUT2D eigenvalue weighted by Crippen LogP contribution is -2.26. The molecule has 0 aliphatic carbocycles. The first-order chi connectivity index (χ1) is 14.5. The van der Waals surface area contributed by atoms with Gasteiger partial charge in [-0.05, 0) is 43.7 Å². The number of thiazole rings is 1. The normalized spacial score (nSPS) is 12.0. The topological polar surface area (TPSA) is 75.1 Å². The number of hydrogen-bond donors (Lipinski definition) is 2. The van der Waals surface area contributed by atoms with Crippen LogP contribution in [0.25, 0.3) is 11.1 Å². The van der Waals surface area contributed by atoms with Gasteiger partial charge in [0.15, 0.2) is 4.34 Å². The third-order valence-electron chi connectivity index (χ3n) is 4.38. The minimum atomic E-state index is -4.35. The van der Waals surface area contributed by atoms with Crippen LogP contribution in [0, 0.1) is 0 Å². The lowest BCUT2D eigenvalue weighted by Gasteiger charge is -2.15. The summed E-state index contributed by atoms with van der Waals surface area (Å²) in [6, 6.07) is 8.53. The molecular formula is C21H20F3N3O2S2. The van der Waals surface area contributed by atoms with E-state index < -0.39 is 22.5 Å². The summed E-state index contributed by atoms with van der Waals surface area (Å²) in [6.45, 7) is 3.87. The van der Waals surface area contributed by atoms with Crippen LogP contribution in [0.15, 0.2) is 52.3 Å². The summed E-state index contributed by atoms with van der Waals surface area (Å²) in [5.41, 5.74) is 1.56. The number of carboxylic acids is 1. The molecule has 0 spiro atoms. The van der Waals surface area contributed by atoms with Crippen molar-refractivity contribution in [2.24, 2.45) is 0 Å². The largest absolute Gasteiger partial charge is 0.480 e. The number of nitrogens with zero attached hydrogens (tertiary/aromatic N) is 2.